The van der Waals surface area contributed by atoms with Gasteiger partial charge in [-0.3, -0.25) is 4.79 Å². The molecule has 5 heteroatoms. The van der Waals surface area contributed by atoms with E-state index in [1.54, 1.807) is 11.3 Å². The van der Waals surface area contributed by atoms with Crippen molar-refractivity contribution < 1.29 is 9.53 Å². The molecule has 0 aliphatic rings. The van der Waals surface area contributed by atoms with Crippen LogP contribution in [-0.4, -0.2) is 24.1 Å². The van der Waals surface area contributed by atoms with Crippen LogP contribution < -0.4 is 5.32 Å². The molecule has 2 rings (SSSR count). The Hall–Kier alpha value is -1.62. The third kappa shape index (κ3) is 3.92. The number of para-hydroxylation sites is 1. The summed E-state index contributed by atoms with van der Waals surface area (Å²) >= 11 is 1.63. The van der Waals surface area contributed by atoms with Gasteiger partial charge in [0.1, 0.15) is 0 Å². The molecule has 1 aromatic heterocycles. The van der Waals surface area contributed by atoms with Gasteiger partial charge in [0.05, 0.1) is 16.8 Å². The zero-order valence-electron chi connectivity index (χ0n) is 11.2. The number of carbonyl (C=O) groups is 1. The van der Waals surface area contributed by atoms with Gasteiger partial charge >= 0.3 is 5.97 Å². The summed E-state index contributed by atoms with van der Waals surface area (Å²) in [6.07, 6.45) is 0.436. The molecule has 0 spiro atoms. The van der Waals surface area contributed by atoms with Crippen molar-refractivity contribution >= 4 is 32.7 Å². The molecule has 4 nitrogen and oxygen atoms in total. The average Bonchev–Trinajstić information content (AvgIpc) is 2.79. The van der Waals surface area contributed by atoms with Gasteiger partial charge in [-0.05, 0) is 25.0 Å². The highest BCUT2D eigenvalue weighted by atomic mass is 32.1. The second-order valence-corrected chi connectivity index (χ2v) is 5.51. The fourth-order valence-corrected chi connectivity index (χ4v) is 2.66. The first kappa shape index (κ1) is 13.8. The molecule has 0 aliphatic carbocycles. The van der Waals surface area contributed by atoms with Crippen LogP contribution in [-0.2, 0) is 9.53 Å². The molecule has 1 aromatic carbocycles. The van der Waals surface area contributed by atoms with Crippen molar-refractivity contribution in [3.05, 3.63) is 24.3 Å². The largest absolute Gasteiger partial charge is 0.466 e. The molecule has 0 aliphatic heterocycles. The lowest BCUT2D eigenvalue weighted by molar-refractivity contribution is -0.143. The Kier molecular flexibility index (Phi) is 4.74. The normalized spacial score (nSPS) is 12.3. The van der Waals surface area contributed by atoms with E-state index in [1.165, 1.54) is 4.70 Å². The van der Waals surface area contributed by atoms with E-state index in [0.717, 1.165) is 17.2 Å². The van der Waals surface area contributed by atoms with Gasteiger partial charge in [-0.1, -0.05) is 30.4 Å². The minimum atomic E-state index is -0.138. The average molecular weight is 278 g/mol. The van der Waals surface area contributed by atoms with Gasteiger partial charge in [0, 0.05) is 13.0 Å². The fourth-order valence-electron chi connectivity index (χ4n) is 1.79. The van der Waals surface area contributed by atoms with Crippen LogP contribution >= 0.6 is 11.3 Å². The van der Waals surface area contributed by atoms with E-state index in [1.807, 2.05) is 32.0 Å². The van der Waals surface area contributed by atoms with Crippen molar-refractivity contribution in [1.82, 2.24) is 4.98 Å². The van der Waals surface area contributed by atoms with Gasteiger partial charge in [0.15, 0.2) is 5.13 Å². The third-order valence-corrected chi connectivity index (χ3v) is 3.71. The molecule has 0 bridgehead atoms. The Morgan fingerprint density at radius 2 is 2.26 bits per heavy atom. The van der Waals surface area contributed by atoms with Gasteiger partial charge in [-0.2, -0.15) is 0 Å². The van der Waals surface area contributed by atoms with E-state index in [9.17, 15) is 4.79 Å². The maximum Gasteiger partial charge on any atom is 0.306 e. The summed E-state index contributed by atoms with van der Waals surface area (Å²) in [6, 6.07) is 8.04. The maximum atomic E-state index is 11.3. The SMILES string of the molecule is CCOC(=O)C[C@@H](C)CNc1nc2ccccc2s1. The zero-order valence-corrected chi connectivity index (χ0v) is 12.0. The number of hydrogen-bond acceptors (Lipinski definition) is 5. The van der Waals surface area contributed by atoms with E-state index < -0.39 is 0 Å². The smallest absolute Gasteiger partial charge is 0.306 e. The van der Waals surface area contributed by atoms with Crippen LogP contribution in [0.15, 0.2) is 24.3 Å². The number of hydrogen-bond donors (Lipinski definition) is 1. The van der Waals surface area contributed by atoms with Crippen LogP contribution in [0.1, 0.15) is 20.3 Å². The first-order valence-electron chi connectivity index (χ1n) is 6.44. The lowest BCUT2D eigenvalue weighted by Gasteiger charge is -2.10. The Labute approximate surface area is 116 Å². The lowest BCUT2D eigenvalue weighted by Crippen LogP contribution is -2.16. The van der Waals surface area contributed by atoms with Crippen molar-refractivity contribution in [3.63, 3.8) is 0 Å². The van der Waals surface area contributed by atoms with Crippen LogP contribution in [0.25, 0.3) is 10.2 Å². The summed E-state index contributed by atoms with van der Waals surface area (Å²) in [5.41, 5.74) is 1.01. The van der Waals surface area contributed by atoms with E-state index in [2.05, 4.69) is 16.4 Å². The fraction of sp³-hybridized carbons (Fsp3) is 0.429. The third-order valence-electron chi connectivity index (χ3n) is 2.72. The van der Waals surface area contributed by atoms with Gasteiger partial charge in [0.2, 0.25) is 0 Å². The molecule has 0 saturated heterocycles. The first-order chi connectivity index (χ1) is 9.19. The maximum absolute atomic E-state index is 11.3. The second kappa shape index (κ2) is 6.52. The van der Waals surface area contributed by atoms with Crippen LogP contribution in [0, 0.1) is 5.92 Å². The van der Waals surface area contributed by atoms with Crippen molar-refractivity contribution in [2.24, 2.45) is 5.92 Å². The summed E-state index contributed by atoms with van der Waals surface area (Å²) in [7, 11) is 0. The molecule has 0 amide bonds. The molecular weight excluding hydrogens is 260 g/mol. The number of thiazole rings is 1. The van der Waals surface area contributed by atoms with Gasteiger partial charge in [-0.15, -0.1) is 0 Å². The number of ether oxygens (including phenoxy) is 1. The highest BCUT2D eigenvalue weighted by Crippen LogP contribution is 2.25. The molecule has 0 saturated carbocycles. The standard InChI is InChI=1S/C14H18N2O2S/c1-3-18-13(17)8-10(2)9-15-14-16-11-6-4-5-7-12(11)19-14/h4-7,10H,3,8-9H2,1-2H3,(H,15,16)/t10-/m1/s1. The summed E-state index contributed by atoms with van der Waals surface area (Å²) in [5, 5.41) is 4.18. The van der Waals surface area contributed by atoms with Crippen LogP contribution in [0.5, 0.6) is 0 Å². The molecule has 0 fully saturated rings. The zero-order chi connectivity index (χ0) is 13.7. The minimum absolute atomic E-state index is 0.138. The van der Waals surface area contributed by atoms with Crippen LogP contribution in [0.4, 0.5) is 5.13 Å². The highest BCUT2D eigenvalue weighted by molar-refractivity contribution is 7.22. The van der Waals surface area contributed by atoms with E-state index in [4.69, 9.17) is 4.74 Å². The monoisotopic (exact) mass is 278 g/mol. The first-order valence-corrected chi connectivity index (χ1v) is 7.25. The molecule has 1 atom stereocenters. The van der Waals surface area contributed by atoms with E-state index in [-0.39, 0.29) is 11.9 Å². The number of anilines is 1. The van der Waals surface area contributed by atoms with E-state index >= 15 is 0 Å². The van der Waals surface area contributed by atoms with Crippen LogP contribution in [0.2, 0.25) is 0 Å². The molecule has 102 valence electrons. The number of aromatic nitrogens is 1. The van der Waals surface area contributed by atoms with Gasteiger partial charge < -0.3 is 10.1 Å². The minimum Gasteiger partial charge on any atom is -0.466 e. The Morgan fingerprint density at radius 1 is 1.47 bits per heavy atom. The molecule has 0 radical (unpaired) electrons. The number of nitrogens with zero attached hydrogens (tertiary/aromatic N) is 1. The lowest BCUT2D eigenvalue weighted by atomic mass is 10.1. The Bertz CT molecular complexity index is 520. The molecule has 1 heterocycles. The quantitative estimate of drug-likeness (QED) is 0.824. The summed E-state index contributed by atoms with van der Waals surface area (Å²) in [6.45, 7) is 5.01. The number of fused-ring (bicyclic) bond motifs is 1. The predicted molar refractivity (Wildman–Crippen MR) is 78.5 cm³/mol. The van der Waals surface area contributed by atoms with Crippen molar-refractivity contribution in [3.8, 4) is 0 Å². The molecule has 0 unspecified atom stereocenters. The molecule has 1 N–H and O–H groups in total. The molecule has 2 aromatic rings. The van der Waals surface area contributed by atoms with Gasteiger partial charge in [0.25, 0.3) is 0 Å². The van der Waals surface area contributed by atoms with Crippen molar-refractivity contribution in [1.29, 1.82) is 0 Å². The van der Waals surface area contributed by atoms with Gasteiger partial charge in [-0.25, -0.2) is 4.98 Å². The number of benzene rings is 1. The second-order valence-electron chi connectivity index (χ2n) is 4.48. The number of carbonyl (C=O) groups excluding carboxylic acids is 1. The molecule has 19 heavy (non-hydrogen) atoms. The molecular formula is C14H18N2O2S. The summed E-state index contributed by atoms with van der Waals surface area (Å²) in [4.78, 5) is 15.8. The Morgan fingerprint density at radius 3 is 3.00 bits per heavy atom. The topological polar surface area (TPSA) is 51.2 Å². The van der Waals surface area contributed by atoms with Crippen molar-refractivity contribution in [2.45, 2.75) is 20.3 Å². The highest BCUT2D eigenvalue weighted by Gasteiger charge is 2.10. The summed E-state index contributed by atoms with van der Waals surface area (Å²) < 4.78 is 6.10. The summed E-state index contributed by atoms with van der Waals surface area (Å²) in [5.74, 6) is 0.0900. The number of rotatable bonds is 6. The van der Waals surface area contributed by atoms with Crippen molar-refractivity contribution in [2.75, 3.05) is 18.5 Å². The predicted octanol–water partition coefficient (Wildman–Crippen LogP) is 3.30. The Balaban J connectivity index is 1.86. The van der Waals surface area contributed by atoms with E-state index in [0.29, 0.717) is 13.0 Å². The number of nitrogens with one attached hydrogen (secondary N) is 1. The van der Waals surface area contributed by atoms with Crippen LogP contribution in [0.3, 0.4) is 0 Å². The number of esters is 1.